The summed E-state index contributed by atoms with van der Waals surface area (Å²) in [4.78, 5) is 51.7. The summed E-state index contributed by atoms with van der Waals surface area (Å²) in [5, 5.41) is 25.7. The first-order chi connectivity index (χ1) is 13.9. The van der Waals surface area contributed by atoms with Crippen molar-refractivity contribution in [3.8, 4) is 0 Å². The summed E-state index contributed by atoms with van der Waals surface area (Å²) >= 11 is 3.93. The predicted octanol–water partition coefficient (Wildman–Crippen LogP) is -3.76. The molecule has 0 saturated carbocycles. The molecule has 11 N–H and O–H groups in total. The zero-order chi connectivity index (χ0) is 23.4. The lowest BCUT2D eigenvalue weighted by Crippen LogP contribution is -2.59. The lowest BCUT2D eigenvalue weighted by atomic mass is 10.1. The van der Waals surface area contributed by atoms with Crippen LogP contribution in [0.25, 0.3) is 0 Å². The van der Waals surface area contributed by atoms with E-state index in [0.29, 0.717) is 6.42 Å². The van der Waals surface area contributed by atoms with E-state index in [1.807, 2.05) is 0 Å². The standard InChI is InChI=1S/C16H31N7O6S/c1-7(15(28)29)21-14(27)11(8(2)24)23-13(26)10(4-3-5-20-16(18)19)22-12(25)9(17)6-30/h7-11,24,30H,3-6,17H2,1-2H3,(H,21,27)(H,22,25)(H,23,26)(H,28,29)(H4,18,19,20). The number of guanidine groups is 1. The van der Waals surface area contributed by atoms with Crippen molar-refractivity contribution >= 4 is 42.3 Å². The fourth-order valence-corrected chi connectivity index (χ4v) is 2.32. The number of thiol groups is 1. The summed E-state index contributed by atoms with van der Waals surface area (Å²) in [7, 11) is 0. The minimum Gasteiger partial charge on any atom is -0.480 e. The van der Waals surface area contributed by atoms with Gasteiger partial charge in [-0.25, -0.2) is 0 Å². The number of hydrogen-bond acceptors (Lipinski definition) is 8. The maximum atomic E-state index is 12.7. The van der Waals surface area contributed by atoms with Crippen molar-refractivity contribution in [2.75, 3.05) is 12.3 Å². The Balaban J connectivity index is 5.29. The molecule has 172 valence electrons. The van der Waals surface area contributed by atoms with Crippen LogP contribution >= 0.6 is 12.6 Å². The minimum absolute atomic E-state index is 0.0416. The summed E-state index contributed by atoms with van der Waals surface area (Å²) in [6.07, 6.45) is -0.922. The van der Waals surface area contributed by atoms with E-state index in [1.54, 1.807) is 0 Å². The number of nitrogens with one attached hydrogen (secondary N) is 3. The number of aliphatic imine (C=N–C) groups is 1. The highest BCUT2D eigenvalue weighted by molar-refractivity contribution is 7.80. The van der Waals surface area contributed by atoms with Gasteiger partial charge in [-0.2, -0.15) is 12.6 Å². The molecular formula is C16H31N7O6S. The molecule has 5 unspecified atom stereocenters. The fourth-order valence-electron chi connectivity index (χ4n) is 2.16. The maximum absolute atomic E-state index is 12.7. The molecule has 14 heteroatoms. The van der Waals surface area contributed by atoms with Crippen molar-refractivity contribution in [1.82, 2.24) is 16.0 Å². The molecule has 5 atom stereocenters. The van der Waals surface area contributed by atoms with Crippen LogP contribution in [0.3, 0.4) is 0 Å². The number of carboxylic acids is 1. The first-order valence-corrected chi connectivity index (χ1v) is 9.77. The highest BCUT2D eigenvalue weighted by atomic mass is 32.1. The van der Waals surface area contributed by atoms with Crippen LogP contribution in [0.2, 0.25) is 0 Å². The number of amides is 3. The molecule has 0 aromatic heterocycles. The van der Waals surface area contributed by atoms with E-state index in [-0.39, 0.29) is 24.7 Å². The molecule has 0 aliphatic carbocycles. The quantitative estimate of drug-likeness (QED) is 0.0580. The van der Waals surface area contributed by atoms with Crippen molar-refractivity contribution in [2.24, 2.45) is 22.2 Å². The van der Waals surface area contributed by atoms with Gasteiger partial charge in [0.05, 0.1) is 12.1 Å². The maximum Gasteiger partial charge on any atom is 0.325 e. The first-order valence-electron chi connectivity index (χ1n) is 9.14. The smallest absolute Gasteiger partial charge is 0.325 e. The Bertz CT molecular complexity index is 642. The van der Waals surface area contributed by atoms with Gasteiger partial charge in [0, 0.05) is 12.3 Å². The number of hydrogen-bond donors (Lipinski definition) is 9. The van der Waals surface area contributed by atoms with Crippen LogP contribution in [0, 0.1) is 0 Å². The van der Waals surface area contributed by atoms with Crippen LogP contribution < -0.4 is 33.2 Å². The monoisotopic (exact) mass is 449 g/mol. The molecule has 0 aromatic carbocycles. The number of aliphatic hydroxyl groups excluding tert-OH is 1. The molecule has 13 nitrogen and oxygen atoms in total. The number of nitrogens with two attached hydrogens (primary N) is 3. The van der Waals surface area contributed by atoms with Crippen LogP contribution in [0.1, 0.15) is 26.7 Å². The zero-order valence-corrected chi connectivity index (χ0v) is 17.8. The molecule has 0 aromatic rings. The number of carbonyl (C=O) groups is 4. The summed E-state index contributed by atoms with van der Waals surface area (Å²) < 4.78 is 0. The van der Waals surface area contributed by atoms with Gasteiger partial charge in [-0.05, 0) is 26.7 Å². The topological polar surface area (TPSA) is 235 Å². The Hall–Kier alpha value is -2.58. The molecule has 0 radical (unpaired) electrons. The lowest BCUT2D eigenvalue weighted by molar-refractivity contribution is -0.142. The first kappa shape index (κ1) is 27.4. The van der Waals surface area contributed by atoms with Crippen molar-refractivity contribution < 1.29 is 29.4 Å². The molecule has 0 spiro atoms. The van der Waals surface area contributed by atoms with Gasteiger partial charge in [-0.15, -0.1) is 0 Å². The van der Waals surface area contributed by atoms with Gasteiger partial charge in [0.2, 0.25) is 17.7 Å². The average molecular weight is 450 g/mol. The van der Waals surface area contributed by atoms with Crippen LogP contribution in [-0.4, -0.2) is 82.4 Å². The third-order valence-electron chi connectivity index (χ3n) is 3.90. The molecule has 0 bridgehead atoms. The van der Waals surface area contributed by atoms with E-state index in [0.717, 1.165) is 0 Å². The SMILES string of the molecule is CC(NC(=O)C(NC(=O)C(CCCN=C(N)N)NC(=O)C(N)CS)C(C)O)C(=O)O. The van der Waals surface area contributed by atoms with Crippen LogP contribution in [-0.2, 0) is 19.2 Å². The second-order valence-electron chi connectivity index (χ2n) is 6.59. The zero-order valence-electron chi connectivity index (χ0n) is 16.9. The summed E-state index contributed by atoms with van der Waals surface area (Å²) in [5.74, 6) is -3.68. The van der Waals surface area contributed by atoms with Gasteiger partial charge < -0.3 is 43.4 Å². The molecule has 30 heavy (non-hydrogen) atoms. The van der Waals surface area contributed by atoms with Crippen molar-refractivity contribution in [3.05, 3.63) is 0 Å². The van der Waals surface area contributed by atoms with Gasteiger partial charge in [-0.3, -0.25) is 24.2 Å². The number of carboxylic acid groups (broad SMARTS) is 1. The summed E-state index contributed by atoms with van der Waals surface area (Å²) in [6, 6.07) is -4.76. The Labute approximate surface area is 179 Å². The average Bonchev–Trinajstić information content (AvgIpc) is 2.66. The summed E-state index contributed by atoms with van der Waals surface area (Å²) in [6.45, 7) is 2.67. The Kier molecular flexibility index (Phi) is 12.4. The lowest BCUT2D eigenvalue weighted by Gasteiger charge is -2.26. The van der Waals surface area contributed by atoms with E-state index in [4.69, 9.17) is 22.3 Å². The van der Waals surface area contributed by atoms with E-state index in [9.17, 15) is 24.3 Å². The highest BCUT2D eigenvalue weighted by Gasteiger charge is 2.31. The van der Waals surface area contributed by atoms with Gasteiger partial charge >= 0.3 is 5.97 Å². The largest absolute Gasteiger partial charge is 0.480 e. The molecule has 0 rings (SSSR count). The molecular weight excluding hydrogens is 418 g/mol. The number of aliphatic hydroxyl groups is 1. The molecule has 0 aliphatic heterocycles. The Morgan fingerprint density at radius 1 is 1.03 bits per heavy atom. The van der Waals surface area contributed by atoms with Crippen LogP contribution in [0.4, 0.5) is 0 Å². The van der Waals surface area contributed by atoms with Crippen molar-refractivity contribution in [2.45, 2.75) is 57.0 Å². The number of rotatable bonds is 13. The highest BCUT2D eigenvalue weighted by Crippen LogP contribution is 2.03. The normalized spacial score (nSPS) is 15.6. The van der Waals surface area contributed by atoms with Gasteiger partial charge in [0.1, 0.15) is 18.1 Å². The number of nitrogens with zero attached hydrogens (tertiary/aromatic N) is 1. The third kappa shape index (κ3) is 10.3. The van der Waals surface area contributed by atoms with Gasteiger partial charge in [-0.1, -0.05) is 0 Å². The van der Waals surface area contributed by atoms with Crippen LogP contribution in [0.15, 0.2) is 4.99 Å². The second-order valence-corrected chi connectivity index (χ2v) is 6.96. The van der Waals surface area contributed by atoms with Crippen LogP contribution in [0.5, 0.6) is 0 Å². The molecule has 0 fully saturated rings. The number of aliphatic carboxylic acids is 1. The van der Waals surface area contributed by atoms with E-state index in [2.05, 4.69) is 33.6 Å². The minimum atomic E-state index is -1.45. The molecule has 0 saturated heterocycles. The van der Waals surface area contributed by atoms with Gasteiger partial charge in [0.25, 0.3) is 0 Å². The second kappa shape index (κ2) is 13.6. The molecule has 3 amide bonds. The van der Waals surface area contributed by atoms with E-state index in [1.165, 1.54) is 13.8 Å². The van der Waals surface area contributed by atoms with Crippen molar-refractivity contribution in [3.63, 3.8) is 0 Å². The summed E-state index contributed by atoms with van der Waals surface area (Å²) in [5.41, 5.74) is 16.1. The van der Waals surface area contributed by atoms with E-state index >= 15 is 0 Å². The third-order valence-corrected chi connectivity index (χ3v) is 4.30. The fraction of sp³-hybridized carbons (Fsp3) is 0.688. The Morgan fingerprint density at radius 2 is 1.63 bits per heavy atom. The van der Waals surface area contributed by atoms with Gasteiger partial charge in [0.15, 0.2) is 5.96 Å². The number of carbonyl (C=O) groups excluding carboxylic acids is 3. The predicted molar refractivity (Wildman–Crippen MR) is 113 cm³/mol. The van der Waals surface area contributed by atoms with E-state index < -0.39 is 54.0 Å². The molecule has 0 heterocycles. The Morgan fingerprint density at radius 3 is 2.10 bits per heavy atom. The molecule has 0 aliphatic rings. The van der Waals surface area contributed by atoms with Crippen molar-refractivity contribution in [1.29, 1.82) is 0 Å².